The largest absolute Gasteiger partial charge is 0.356 e. The summed E-state index contributed by atoms with van der Waals surface area (Å²) in [4.78, 5) is 26.8. The molecule has 1 saturated heterocycles. The molecular weight excluding hydrogens is 328 g/mol. The second kappa shape index (κ2) is 7.25. The molecule has 4 rings (SSSR count). The lowest BCUT2D eigenvalue weighted by molar-refractivity contribution is -0.123. The Morgan fingerprint density at radius 1 is 1.31 bits per heavy atom. The Hall–Kier alpha value is -2.11. The highest BCUT2D eigenvalue weighted by Gasteiger charge is 2.58. The van der Waals surface area contributed by atoms with E-state index in [1.54, 1.807) is 12.4 Å². The van der Waals surface area contributed by atoms with Gasteiger partial charge < -0.3 is 10.2 Å². The van der Waals surface area contributed by atoms with Gasteiger partial charge in [0.1, 0.15) is 0 Å². The molecule has 3 aliphatic rings. The molecule has 1 atom stereocenters. The van der Waals surface area contributed by atoms with Crippen LogP contribution < -0.4 is 5.32 Å². The summed E-state index contributed by atoms with van der Waals surface area (Å²) >= 11 is 0. The molecule has 1 aromatic rings. The lowest BCUT2D eigenvalue weighted by Crippen LogP contribution is -2.40. The molecular formula is C20H28N4O2. The molecule has 2 aliphatic carbocycles. The van der Waals surface area contributed by atoms with Gasteiger partial charge in [-0.1, -0.05) is 11.6 Å². The number of piperidine rings is 1. The predicted molar refractivity (Wildman–Crippen MR) is 98.4 cm³/mol. The molecule has 1 saturated carbocycles. The Morgan fingerprint density at radius 2 is 2.15 bits per heavy atom. The first kappa shape index (κ1) is 17.3. The van der Waals surface area contributed by atoms with Crippen molar-refractivity contribution in [1.82, 2.24) is 20.4 Å². The lowest BCUT2D eigenvalue weighted by Gasteiger charge is -2.32. The number of hydrogen-bond donors (Lipinski definition) is 2. The summed E-state index contributed by atoms with van der Waals surface area (Å²) in [5.41, 5.74) is 2.26. The van der Waals surface area contributed by atoms with Crippen molar-refractivity contribution in [1.29, 1.82) is 0 Å². The minimum absolute atomic E-state index is 0.0380. The third-order valence-corrected chi connectivity index (χ3v) is 6.43. The van der Waals surface area contributed by atoms with Gasteiger partial charge in [0.15, 0.2) is 0 Å². The molecule has 6 heteroatoms. The molecule has 0 unspecified atom stereocenters. The lowest BCUT2D eigenvalue weighted by atomic mass is 9.90. The van der Waals surface area contributed by atoms with Gasteiger partial charge in [0, 0.05) is 31.7 Å². The fourth-order valence-electron chi connectivity index (χ4n) is 4.58. The second-order valence-corrected chi connectivity index (χ2v) is 8.05. The zero-order chi connectivity index (χ0) is 18.0. The van der Waals surface area contributed by atoms with Crippen molar-refractivity contribution in [2.75, 3.05) is 19.6 Å². The first-order chi connectivity index (χ1) is 12.7. The van der Waals surface area contributed by atoms with Crippen LogP contribution in [-0.2, 0) is 4.79 Å². The van der Waals surface area contributed by atoms with Crippen LogP contribution in [0.1, 0.15) is 61.7 Å². The Kier molecular flexibility index (Phi) is 4.83. The summed E-state index contributed by atoms with van der Waals surface area (Å²) in [6, 6.07) is 0. The molecule has 1 spiro atoms. The molecule has 0 bridgehead atoms. The standard InChI is InChI=1S/C20H28N4O2/c25-18(21-9-6-15-4-2-1-3-5-15)17-12-20(17)7-10-24(11-8-20)19(26)16-13-22-23-14-16/h4,13-14,17H,1-3,5-12H2,(H,21,25)(H,22,23)/t17-/m0/s1. The van der Waals surface area contributed by atoms with Gasteiger partial charge in [-0.25, -0.2) is 0 Å². The molecule has 2 heterocycles. The highest BCUT2D eigenvalue weighted by Crippen LogP contribution is 2.59. The zero-order valence-corrected chi connectivity index (χ0v) is 15.3. The Bertz CT molecular complexity index is 687. The summed E-state index contributed by atoms with van der Waals surface area (Å²) in [6.45, 7) is 2.24. The number of H-pyrrole nitrogens is 1. The van der Waals surface area contributed by atoms with Gasteiger partial charge in [0.2, 0.25) is 5.91 Å². The van der Waals surface area contributed by atoms with Crippen molar-refractivity contribution in [3.63, 3.8) is 0 Å². The van der Waals surface area contributed by atoms with Crippen molar-refractivity contribution in [2.45, 2.75) is 51.4 Å². The van der Waals surface area contributed by atoms with Crippen LogP contribution in [-0.4, -0.2) is 46.5 Å². The molecule has 2 amide bonds. The summed E-state index contributed by atoms with van der Waals surface area (Å²) in [6.07, 6.45) is 14.4. The number of amides is 2. The summed E-state index contributed by atoms with van der Waals surface area (Å²) in [7, 11) is 0. The number of rotatable bonds is 5. The van der Waals surface area contributed by atoms with E-state index in [1.807, 2.05) is 4.90 Å². The van der Waals surface area contributed by atoms with E-state index in [2.05, 4.69) is 21.6 Å². The maximum atomic E-state index is 12.5. The Labute approximate surface area is 154 Å². The number of aromatic nitrogens is 2. The molecule has 0 aromatic carbocycles. The van der Waals surface area contributed by atoms with E-state index in [9.17, 15) is 9.59 Å². The molecule has 1 aromatic heterocycles. The SMILES string of the molecule is O=C(NCCC1=CCCCC1)[C@@H]1CC12CCN(C(=O)c1cn[nH]c1)CC2. The normalized spacial score (nSPS) is 24.2. The summed E-state index contributed by atoms with van der Waals surface area (Å²) in [5.74, 6) is 0.404. The van der Waals surface area contributed by atoms with Crippen molar-refractivity contribution in [2.24, 2.45) is 11.3 Å². The molecule has 1 aliphatic heterocycles. The van der Waals surface area contributed by atoms with Crippen molar-refractivity contribution < 1.29 is 9.59 Å². The topological polar surface area (TPSA) is 78.1 Å². The maximum absolute atomic E-state index is 12.5. The van der Waals surface area contributed by atoms with Gasteiger partial charge in [-0.3, -0.25) is 14.7 Å². The fraction of sp³-hybridized carbons (Fsp3) is 0.650. The van der Waals surface area contributed by atoms with E-state index in [4.69, 9.17) is 0 Å². The Balaban J connectivity index is 1.21. The van der Waals surface area contributed by atoms with Gasteiger partial charge in [-0.2, -0.15) is 5.10 Å². The second-order valence-electron chi connectivity index (χ2n) is 8.05. The molecule has 26 heavy (non-hydrogen) atoms. The molecule has 0 radical (unpaired) electrons. The summed E-state index contributed by atoms with van der Waals surface area (Å²) < 4.78 is 0. The third kappa shape index (κ3) is 3.55. The third-order valence-electron chi connectivity index (χ3n) is 6.43. The fourth-order valence-corrected chi connectivity index (χ4v) is 4.58. The van der Waals surface area contributed by atoms with Crippen molar-refractivity contribution in [3.05, 3.63) is 29.6 Å². The van der Waals surface area contributed by atoms with Gasteiger partial charge in [-0.05, 0) is 56.8 Å². The average molecular weight is 356 g/mol. The molecule has 140 valence electrons. The number of nitrogens with one attached hydrogen (secondary N) is 2. The first-order valence-electron chi connectivity index (χ1n) is 9.92. The van der Waals surface area contributed by atoms with E-state index >= 15 is 0 Å². The van der Waals surface area contributed by atoms with E-state index in [0.717, 1.165) is 45.3 Å². The van der Waals surface area contributed by atoms with Crippen LogP contribution >= 0.6 is 0 Å². The van der Waals surface area contributed by atoms with Crippen LogP contribution in [0.3, 0.4) is 0 Å². The quantitative estimate of drug-likeness (QED) is 0.796. The highest BCUT2D eigenvalue weighted by molar-refractivity contribution is 5.93. The molecule has 2 N–H and O–H groups in total. The predicted octanol–water partition coefficient (Wildman–Crippen LogP) is 2.66. The van der Waals surface area contributed by atoms with Gasteiger partial charge in [0.25, 0.3) is 5.91 Å². The average Bonchev–Trinajstić information content (AvgIpc) is 3.11. The van der Waals surface area contributed by atoms with Crippen LogP contribution in [0.25, 0.3) is 0 Å². The zero-order valence-electron chi connectivity index (χ0n) is 15.3. The monoisotopic (exact) mass is 356 g/mol. The highest BCUT2D eigenvalue weighted by atomic mass is 16.2. The number of aromatic amines is 1. The minimum atomic E-state index is 0.0380. The van der Waals surface area contributed by atoms with Gasteiger partial charge in [-0.15, -0.1) is 0 Å². The smallest absolute Gasteiger partial charge is 0.257 e. The maximum Gasteiger partial charge on any atom is 0.257 e. The van der Waals surface area contributed by atoms with Crippen molar-refractivity contribution in [3.8, 4) is 0 Å². The van der Waals surface area contributed by atoms with E-state index in [1.165, 1.54) is 31.3 Å². The molecule has 6 nitrogen and oxygen atoms in total. The number of hydrogen-bond acceptors (Lipinski definition) is 3. The van der Waals surface area contributed by atoms with Crippen LogP contribution in [0, 0.1) is 11.3 Å². The number of allylic oxidation sites excluding steroid dienone is 1. The van der Waals surface area contributed by atoms with E-state index < -0.39 is 0 Å². The Morgan fingerprint density at radius 3 is 2.85 bits per heavy atom. The van der Waals surface area contributed by atoms with Crippen LogP contribution in [0.5, 0.6) is 0 Å². The minimum Gasteiger partial charge on any atom is -0.356 e. The number of nitrogens with zero attached hydrogens (tertiary/aromatic N) is 2. The number of carbonyl (C=O) groups is 2. The van der Waals surface area contributed by atoms with Gasteiger partial charge in [0.05, 0.1) is 11.8 Å². The number of carbonyl (C=O) groups excluding carboxylic acids is 2. The van der Waals surface area contributed by atoms with Crippen LogP contribution in [0.4, 0.5) is 0 Å². The number of likely N-dealkylation sites (tertiary alicyclic amines) is 1. The summed E-state index contributed by atoms with van der Waals surface area (Å²) in [5, 5.41) is 9.68. The molecule has 2 fully saturated rings. The first-order valence-corrected chi connectivity index (χ1v) is 9.92. The van der Waals surface area contributed by atoms with Gasteiger partial charge >= 0.3 is 0 Å². The van der Waals surface area contributed by atoms with Crippen LogP contribution in [0.2, 0.25) is 0 Å². The van der Waals surface area contributed by atoms with E-state index in [-0.39, 0.29) is 23.1 Å². The van der Waals surface area contributed by atoms with E-state index in [0.29, 0.717) is 5.56 Å². The van der Waals surface area contributed by atoms with Crippen molar-refractivity contribution >= 4 is 11.8 Å². The van der Waals surface area contributed by atoms with Crippen LogP contribution in [0.15, 0.2) is 24.0 Å².